The number of aromatic amines is 1. The first-order valence-corrected chi connectivity index (χ1v) is 10.7. The number of H-pyrrole nitrogens is 1. The number of aromatic nitrogens is 5. The molecule has 5 heterocycles. The van der Waals surface area contributed by atoms with Gasteiger partial charge in [-0.25, -0.2) is 4.98 Å². The maximum Gasteiger partial charge on any atom is 0.255 e. The van der Waals surface area contributed by atoms with E-state index in [9.17, 15) is 4.79 Å². The second kappa shape index (κ2) is 8.24. The highest BCUT2D eigenvalue weighted by atomic mass is 16.5. The van der Waals surface area contributed by atoms with Crippen LogP contribution in [0.1, 0.15) is 22.5 Å². The van der Waals surface area contributed by atoms with Gasteiger partial charge in [0.1, 0.15) is 11.6 Å². The molecular weight excluding hydrogens is 394 g/mol. The van der Waals surface area contributed by atoms with Crippen molar-refractivity contribution >= 4 is 5.82 Å². The number of hydrogen-bond acceptors (Lipinski definition) is 7. The van der Waals surface area contributed by atoms with E-state index in [-0.39, 0.29) is 5.56 Å². The molecule has 162 valence electrons. The lowest BCUT2D eigenvalue weighted by molar-refractivity contribution is 0.122. The number of anilines is 1. The van der Waals surface area contributed by atoms with Crippen molar-refractivity contribution in [1.29, 1.82) is 0 Å². The molecule has 0 saturated carbocycles. The lowest BCUT2D eigenvalue weighted by Gasteiger charge is -2.32. The zero-order chi connectivity index (χ0) is 21.4. The van der Waals surface area contributed by atoms with Gasteiger partial charge in [-0.1, -0.05) is 0 Å². The third-order valence-electron chi connectivity index (χ3n) is 6.11. The first-order valence-electron chi connectivity index (χ1n) is 10.7. The van der Waals surface area contributed by atoms with Crippen LogP contribution in [-0.4, -0.2) is 62.5 Å². The van der Waals surface area contributed by atoms with E-state index < -0.39 is 0 Å². The molecule has 3 aromatic rings. The summed E-state index contributed by atoms with van der Waals surface area (Å²) in [4.78, 5) is 29.3. The monoisotopic (exact) mass is 421 g/mol. The molecule has 31 heavy (non-hydrogen) atoms. The average Bonchev–Trinajstić information content (AvgIpc) is 3.07. The van der Waals surface area contributed by atoms with Crippen molar-refractivity contribution in [3.8, 4) is 11.4 Å². The molecule has 0 unspecified atom stereocenters. The highest BCUT2D eigenvalue weighted by Gasteiger charge is 2.26. The van der Waals surface area contributed by atoms with Crippen molar-refractivity contribution in [3.63, 3.8) is 0 Å². The van der Waals surface area contributed by atoms with Crippen LogP contribution in [-0.2, 0) is 31.3 Å². The van der Waals surface area contributed by atoms with Crippen molar-refractivity contribution in [1.82, 2.24) is 29.6 Å². The van der Waals surface area contributed by atoms with Crippen LogP contribution in [0.5, 0.6) is 0 Å². The summed E-state index contributed by atoms with van der Waals surface area (Å²) in [5, 5.41) is 4.68. The molecule has 0 radical (unpaired) electrons. The molecule has 0 aromatic carbocycles. The first-order chi connectivity index (χ1) is 15.1. The van der Waals surface area contributed by atoms with Crippen LogP contribution < -0.4 is 10.5 Å². The molecule has 0 amide bonds. The van der Waals surface area contributed by atoms with Crippen LogP contribution in [0.4, 0.5) is 5.82 Å². The van der Waals surface area contributed by atoms with Gasteiger partial charge in [0.15, 0.2) is 0 Å². The summed E-state index contributed by atoms with van der Waals surface area (Å²) in [5.41, 5.74) is 4.73. The Hall–Kier alpha value is -3.04. The number of fused-ring (bicyclic) bond motifs is 1. The fourth-order valence-electron chi connectivity index (χ4n) is 4.53. The maximum atomic E-state index is 12.9. The maximum absolute atomic E-state index is 12.9. The van der Waals surface area contributed by atoms with Crippen LogP contribution in [0.15, 0.2) is 29.3 Å². The van der Waals surface area contributed by atoms with Crippen molar-refractivity contribution in [2.45, 2.75) is 26.4 Å². The fraction of sp³-hybridized carbons (Fsp3) is 0.455. The summed E-state index contributed by atoms with van der Waals surface area (Å²) in [5.74, 6) is 1.77. The lowest BCUT2D eigenvalue weighted by Crippen LogP contribution is -2.39. The average molecular weight is 422 g/mol. The van der Waals surface area contributed by atoms with E-state index in [1.165, 1.54) is 5.56 Å². The Morgan fingerprint density at radius 3 is 2.71 bits per heavy atom. The number of hydrogen-bond donors (Lipinski definition) is 1. The van der Waals surface area contributed by atoms with E-state index in [0.29, 0.717) is 12.4 Å². The molecule has 2 aliphatic rings. The van der Waals surface area contributed by atoms with Crippen molar-refractivity contribution < 1.29 is 4.74 Å². The minimum Gasteiger partial charge on any atom is -0.378 e. The Labute approximate surface area is 180 Å². The van der Waals surface area contributed by atoms with Crippen LogP contribution in [0.2, 0.25) is 0 Å². The molecule has 9 heteroatoms. The van der Waals surface area contributed by atoms with Crippen molar-refractivity contribution in [3.05, 3.63) is 57.4 Å². The number of aryl methyl sites for hydroxylation is 2. The molecule has 5 rings (SSSR count). The quantitative estimate of drug-likeness (QED) is 0.678. The second-order valence-electron chi connectivity index (χ2n) is 8.15. The SMILES string of the molecule is Cc1nn(C)c(N2CCOCC2)c1CN1CCc2nc(-c3ccncc3)[nH]c(=O)c2C1. The van der Waals surface area contributed by atoms with Gasteiger partial charge in [0.2, 0.25) is 0 Å². The molecule has 0 atom stereocenters. The number of pyridine rings is 1. The van der Waals surface area contributed by atoms with E-state index in [0.717, 1.165) is 74.1 Å². The molecule has 3 aromatic heterocycles. The molecule has 1 N–H and O–H groups in total. The Bertz CT molecular complexity index is 1130. The predicted octanol–water partition coefficient (Wildman–Crippen LogP) is 1.27. The molecular formula is C22H27N7O2. The predicted molar refractivity (Wildman–Crippen MR) is 117 cm³/mol. The summed E-state index contributed by atoms with van der Waals surface area (Å²) in [6, 6.07) is 3.72. The summed E-state index contributed by atoms with van der Waals surface area (Å²) in [6.07, 6.45) is 4.17. The van der Waals surface area contributed by atoms with Gasteiger partial charge < -0.3 is 14.6 Å². The summed E-state index contributed by atoms with van der Waals surface area (Å²) >= 11 is 0. The Balaban J connectivity index is 1.39. The number of nitrogens with zero attached hydrogens (tertiary/aromatic N) is 6. The number of rotatable bonds is 4. The van der Waals surface area contributed by atoms with Crippen LogP contribution in [0.25, 0.3) is 11.4 Å². The van der Waals surface area contributed by atoms with E-state index in [1.807, 2.05) is 23.9 Å². The normalized spacial score (nSPS) is 17.0. The smallest absolute Gasteiger partial charge is 0.255 e. The molecule has 0 aliphatic carbocycles. The fourth-order valence-corrected chi connectivity index (χ4v) is 4.53. The van der Waals surface area contributed by atoms with E-state index in [4.69, 9.17) is 9.72 Å². The molecule has 9 nitrogen and oxygen atoms in total. The molecule has 0 bridgehead atoms. The number of morpholine rings is 1. The number of ether oxygens (including phenoxy) is 1. The molecule has 2 aliphatic heterocycles. The Kier molecular flexibility index (Phi) is 5.29. The Morgan fingerprint density at radius 1 is 1.16 bits per heavy atom. The minimum atomic E-state index is -0.0576. The van der Waals surface area contributed by atoms with E-state index in [1.54, 1.807) is 12.4 Å². The van der Waals surface area contributed by atoms with E-state index in [2.05, 4.69) is 31.8 Å². The van der Waals surface area contributed by atoms with Gasteiger partial charge in [0, 0.05) is 69.7 Å². The zero-order valence-corrected chi connectivity index (χ0v) is 18.0. The van der Waals surface area contributed by atoms with E-state index >= 15 is 0 Å². The molecule has 1 saturated heterocycles. The number of nitrogens with one attached hydrogen (secondary N) is 1. The molecule has 0 spiro atoms. The summed E-state index contributed by atoms with van der Waals surface area (Å²) in [6.45, 7) is 7.49. The van der Waals surface area contributed by atoms with Gasteiger partial charge in [0.05, 0.1) is 30.2 Å². The van der Waals surface area contributed by atoms with Gasteiger partial charge in [-0.2, -0.15) is 5.10 Å². The van der Waals surface area contributed by atoms with Gasteiger partial charge >= 0.3 is 0 Å². The van der Waals surface area contributed by atoms with Crippen molar-refractivity contribution in [2.75, 3.05) is 37.7 Å². The van der Waals surface area contributed by atoms with Crippen LogP contribution in [0.3, 0.4) is 0 Å². The van der Waals surface area contributed by atoms with Gasteiger partial charge in [-0.3, -0.25) is 19.4 Å². The van der Waals surface area contributed by atoms with Crippen molar-refractivity contribution in [2.24, 2.45) is 7.05 Å². The highest BCUT2D eigenvalue weighted by molar-refractivity contribution is 5.54. The van der Waals surface area contributed by atoms with Gasteiger partial charge in [-0.15, -0.1) is 0 Å². The molecule has 1 fully saturated rings. The van der Waals surface area contributed by atoms with Gasteiger partial charge in [-0.05, 0) is 19.1 Å². The zero-order valence-electron chi connectivity index (χ0n) is 18.0. The lowest BCUT2D eigenvalue weighted by atomic mass is 10.1. The summed E-state index contributed by atoms with van der Waals surface area (Å²) in [7, 11) is 2.00. The first kappa shape index (κ1) is 19.9. The standard InChI is InChI=1S/C22H27N7O2/c1-15-17(22(27(2)26-15)29-9-11-31-12-10-29)13-28-8-5-19-18(14-28)21(30)25-20(24-19)16-3-6-23-7-4-16/h3-4,6-7H,5,8-14H2,1-2H3,(H,24,25,30). The third kappa shape index (κ3) is 3.86. The van der Waals surface area contributed by atoms with Crippen LogP contribution >= 0.6 is 0 Å². The largest absolute Gasteiger partial charge is 0.378 e. The topological polar surface area (TPSA) is 92.2 Å². The summed E-state index contributed by atoms with van der Waals surface area (Å²) < 4.78 is 7.50. The Morgan fingerprint density at radius 2 is 1.94 bits per heavy atom. The minimum absolute atomic E-state index is 0.0576. The highest BCUT2D eigenvalue weighted by Crippen LogP contribution is 2.27. The van der Waals surface area contributed by atoms with Crippen LogP contribution in [0, 0.1) is 6.92 Å². The van der Waals surface area contributed by atoms with Gasteiger partial charge in [0.25, 0.3) is 5.56 Å². The second-order valence-corrected chi connectivity index (χ2v) is 8.15. The third-order valence-corrected chi connectivity index (χ3v) is 6.11.